The molecule has 7 nitrogen and oxygen atoms in total. The van der Waals surface area contributed by atoms with Gasteiger partial charge in [0.15, 0.2) is 16.7 Å². The zero-order valence-electron chi connectivity index (χ0n) is 13.8. The normalized spacial score (nSPS) is 14.3. The van der Waals surface area contributed by atoms with Crippen molar-refractivity contribution in [3.8, 4) is 11.5 Å². The maximum atomic E-state index is 12.7. The summed E-state index contributed by atoms with van der Waals surface area (Å²) in [6.45, 7) is 2.00. The van der Waals surface area contributed by atoms with Crippen molar-refractivity contribution >= 4 is 17.7 Å². The summed E-state index contributed by atoms with van der Waals surface area (Å²) in [5.74, 6) is -0.179. The summed E-state index contributed by atoms with van der Waals surface area (Å²) in [5, 5.41) is 8.75. The molecule has 0 aliphatic carbocycles. The molecule has 1 aromatic carbocycles. The van der Waals surface area contributed by atoms with E-state index in [2.05, 4.69) is 15.5 Å². The Morgan fingerprint density at radius 2 is 2.08 bits per heavy atom. The lowest BCUT2D eigenvalue weighted by Gasteiger charge is -2.12. The molecule has 140 valence electrons. The summed E-state index contributed by atoms with van der Waals surface area (Å²) in [6.07, 6.45) is -4.59. The van der Waals surface area contributed by atoms with Crippen LogP contribution in [0.25, 0.3) is 0 Å². The summed E-state index contributed by atoms with van der Waals surface area (Å²) in [7, 11) is 1.21. The number of ether oxygens (including phenoxy) is 2. The molecule has 0 spiro atoms. The molecular weight excluding hydrogens is 373 g/mol. The molecule has 26 heavy (non-hydrogen) atoms. The van der Waals surface area contributed by atoms with Gasteiger partial charge < -0.3 is 19.4 Å². The molecule has 11 heteroatoms. The van der Waals surface area contributed by atoms with Crippen LogP contribution in [0.1, 0.15) is 18.3 Å². The molecule has 1 aromatic heterocycles. The Balaban J connectivity index is 1.58. The molecule has 0 bridgehead atoms. The molecule has 2 aromatic rings. The van der Waals surface area contributed by atoms with Crippen molar-refractivity contribution in [3.63, 3.8) is 0 Å². The second-order valence-electron chi connectivity index (χ2n) is 5.53. The number of nitrogens with one attached hydrogen (secondary N) is 1. The monoisotopic (exact) mass is 388 g/mol. The number of aromatic nitrogens is 3. The van der Waals surface area contributed by atoms with Crippen LogP contribution in [-0.2, 0) is 24.6 Å². The highest BCUT2D eigenvalue weighted by Gasteiger charge is 2.37. The Morgan fingerprint density at radius 1 is 1.35 bits per heavy atom. The van der Waals surface area contributed by atoms with E-state index in [0.717, 1.165) is 21.9 Å². The minimum absolute atomic E-state index is 0.0167. The standard InChI is InChI=1S/C15H15F3N4O3S/c1-8(26-14-21-20-13(22(14)2)15(16,17)18)12(23)19-6-9-3-4-10-11(5-9)25-7-24-10/h3-5,8H,6-7H2,1-2H3,(H,19,23)/t8-/m1/s1. The molecule has 1 amide bonds. The highest BCUT2D eigenvalue weighted by molar-refractivity contribution is 8.00. The first-order valence-corrected chi connectivity index (χ1v) is 8.43. The van der Waals surface area contributed by atoms with Crippen molar-refractivity contribution in [3.05, 3.63) is 29.6 Å². The van der Waals surface area contributed by atoms with Crippen LogP contribution in [0.15, 0.2) is 23.4 Å². The van der Waals surface area contributed by atoms with E-state index in [0.29, 0.717) is 11.5 Å². The molecule has 0 saturated heterocycles. The third-order valence-corrected chi connectivity index (χ3v) is 4.78. The van der Waals surface area contributed by atoms with Crippen LogP contribution in [0.4, 0.5) is 13.2 Å². The first kappa shape index (κ1) is 18.4. The van der Waals surface area contributed by atoms with Gasteiger partial charge in [-0.3, -0.25) is 4.79 Å². The zero-order chi connectivity index (χ0) is 18.9. The first-order chi connectivity index (χ1) is 12.3. The average molecular weight is 388 g/mol. The number of amides is 1. The van der Waals surface area contributed by atoms with Crippen molar-refractivity contribution < 1.29 is 27.4 Å². The lowest BCUT2D eigenvalue weighted by molar-refractivity contribution is -0.147. The van der Waals surface area contributed by atoms with E-state index in [1.807, 2.05) is 0 Å². The molecule has 0 unspecified atom stereocenters. The van der Waals surface area contributed by atoms with Crippen LogP contribution in [0.3, 0.4) is 0 Å². The predicted molar refractivity (Wildman–Crippen MR) is 85.7 cm³/mol. The fourth-order valence-electron chi connectivity index (χ4n) is 2.26. The van der Waals surface area contributed by atoms with Gasteiger partial charge in [-0.05, 0) is 24.6 Å². The molecule has 0 fully saturated rings. The Morgan fingerprint density at radius 3 is 2.77 bits per heavy atom. The molecule has 2 heterocycles. The minimum atomic E-state index is -4.59. The molecule has 3 rings (SSSR count). The fourth-order valence-corrected chi connectivity index (χ4v) is 3.10. The number of nitrogens with zero attached hydrogens (tertiary/aromatic N) is 3. The largest absolute Gasteiger partial charge is 0.454 e. The Bertz CT molecular complexity index is 825. The third-order valence-electron chi connectivity index (χ3n) is 3.64. The average Bonchev–Trinajstić information content (AvgIpc) is 3.18. The highest BCUT2D eigenvalue weighted by Crippen LogP contribution is 2.33. The van der Waals surface area contributed by atoms with E-state index in [4.69, 9.17) is 9.47 Å². The number of fused-ring (bicyclic) bond motifs is 1. The fraction of sp³-hybridized carbons (Fsp3) is 0.400. The Labute approximate surface area is 150 Å². The molecule has 1 N–H and O–H groups in total. The number of halogens is 3. The summed E-state index contributed by atoms with van der Waals surface area (Å²) in [6, 6.07) is 5.31. The van der Waals surface area contributed by atoms with E-state index >= 15 is 0 Å². The molecule has 0 saturated carbocycles. The van der Waals surface area contributed by atoms with Gasteiger partial charge in [0.2, 0.25) is 18.5 Å². The second-order valence-corrected chi connectivity index (χ2v) is 6.84. The summed E-state index contributed by atoms with van der Waals surface area (Å²) < 4.78 is 49.5. The van der Waals surface area contributed by atoms with Crippen LogP contribution in [0.5, 0.6) is 11.5 Å². The molecule has 1 aliphatic heterocycles. The topological polar surface area (TPSA) is 78.3 Å². The van der Waals surface area contributed by atoms with E-state index in [1.165, 1.54) is 7.05 Å². The van der Waals surface area contributed by atoms with Crippen molar-refractivity contribution in [1.29, 1.82) is 0 Å². The lowest BCUT2D eigenvalue weighted by atomic mass is 10.2. The van der Waals surface area contributed by atoms with Crippen LogP contribution >= 0.6 is 11.8 Å². The number of alkyl halides is 3. The number of carbonyl (C=O) groups is 1. The van der Waals surface area contributed by atoms with Gasteiger partial charge in [0.25, 0.3) is 0 Å². The third kappa shape index (κ3) is 3.87. The van der Waals surface area contributed by atoms with E-state index in [1.54, 1.807) is 25.1 Å². The number of hydrogen-bond donors (Lipinski definition) is 1. The molecule has 1 aliphatic rings. The maximum Gasteiger partial charge on any atom is 0.451 e. The van der Waals surface area contributed by atoms with E-state index in [-0.39, 0.29) is 24.4 Å². The van der Waals surface area contributed by atoms with Gasteiger partial charge in [-0.15, -0.1) is 10.2 Å². The van der Waals surface area contributed by atoms with Crippen molar-refractivity contribution in [1.82, 2.24) is 20.1 Å². The van der Waals surface area contributed by atoms with Crippen molar-refractivity contribution in [2.24, 2.45) is 7.05 Å². The number of rotatable bonds is 5. The van der Waals surface area contributed by atoms with Crippen molar-refractivity contribution in [2.45, 2.75) is 30.1 Å². The van der Waals surface area contributed by atoms with Crippen LogP contribution < -0.4 is 14.8 Å². The van der Waals surface area contributed by atoms with Gasteiger partial charge in [0, 0.05) is 13.6 Å². The number of carbonyl (C=O) groups excluding carboxylic acids is 1. The van der Waals surface area contributed by atoms with Crippen LogP contribution in [-0.4, -0.2) is 32.7 Å². The number of benzene rings is 1. The van der Waals surface area contributed by atoms with Gasteiger partial charge in [0.1, 0.15) is 0 Å². The highest BCUT2D eigenvalue weighted by atomic mass is 32.2. The van der Waals surface area contributed by atoms with Crippen LogP contribution in [0.2, 0.25) is 0 Å². The van der Waals surface area contributed by atoms with Crippen LogP contribution in [0, 0.1) is 0 Å². The lowest BCUT2D eigenvalue weighted by Crippen LogP contribution is -2.30. The molecular formula is C15H15F3N4O3S. The first-order valence-electron chi connectivity index (χ1n) is 7.55. The molecule has 0 radical (unpaired) electrons. The van der Waals surface area contributed by atoms with Gasteiger partial charge in [-0.2, -0.15) is 13.2 Å². The van der Waals surface area contributed by atoms with Gasteiger partial charge in [0.05, 0.1) is 5.25 Å². The Hall–Kier alpha value is -2.43. The number of thioether (sulfide) groups is 1. The summed E-state index contributed by atoms with van der Waals surface area (Å²) in [4.78, 5) is 12.2. The summed E-state index contributed by atoms with van der Waals surface area (Å²) >= 11 is 0.903. The van der Waals surface area contributed by atoms with Gasteiger partial charge in [-0.25, -0.2) is 0 Å². The van der Waals surface area contributed by atoms with Gasteiger partial charge in [-0.1, -0.05) is 17.8 Å². The van der Waals surface area contributed by atoms with E-state index in [9.17, 15) is 18.0 Å². The zero-order valence-corrected chi connectivity index (χ0v) is 14.6. The predicted octanol–water partition coefficient (Wildman–Crippen LogP) is 2.36. The minimum Gasteiger partial charge on any atom is -0.454 e. The molecule has 1 atom stereocenters. The van der Waals surface area contributed by atoms with Gasteiger partial charge >= 0.3 is 6.18 Å². The number of hydrogen-bond acceptors (Lipinski definition) is 6. The second kappa shape index (κ2) is 7.06. The SMILES string of the molecule is C[C@@H](Sc1nnc(C(F)(F)F)n1C)C(=O)NCc1ccc2c(c1)OCO2. The summed E-state index contributed by atoms with van der Waals surface area (Å²) in [5.41, 5.74) is 0.817. The Kier molecular flexibility index (Phi) is 4.99. The van der Waals surface area contributed by atoms with Crippen molar-refractivity contribution in [2.75, 3.05) is 6.79 Å². The smallest absolute Gasteiger partial charge is 0.451 e. The van der Waals surface area contributed by atoms with E-state index < -0.39 is 17.3 Å². The maximum absolute atomic E-state index is 12.7. The quantitative estimate of drug-likeness (QED) is 0.793.